The number of nitrogens with one attached hydrogen (secondary N) is 1. The number of hydrogen-bond donors (Lipinski definition) is 1. The molecule has 0 spiro atoms. The van der Waals surface area contributed by atoms with Crippen molar-refractivity contribution in [2.75, 3.05) is 44.4 Å². The lowest BCUT2D eigenvalue weighted by molar-refractivity contribution is -0.120. The molecule has 23 heavy (non-hydrogen) atoms. The topological polar surface area (TPSA) is 65.8 Å². The molecule has 0 aliphatic carbocycles. The Labute approximate surface area is 142 Å². The lowest BCUT2D eigenvalue weighted by atomic mass is 10.2. The first-order chi connectivity index (χ1) is 10.9. The smallest absolute Gasteiger partial charge is 0.246 e. The van der Waals surface area contributed by atoms with E-state index < -0.39 is 0 Å². The van der Waals surface area contributed by atoms with Crippen LogP contribution in [0.4, 0.5) is 5.69 Å². The van der Waals surface area contributed by atoms with Gasteiger partial charge in [-0.3, -0.25) is 14.5 Å². The van der Waals surface area contributed by atoms with E-state index in [0.29, 0.717) is 13.1 Å². The Morgan fingerprint density at radius 2 is 2.22 bits per heavy atom. The molecule has 1 amide bonds. The highest BCUT2D eigenvalue weighted by atomic mass is 32.2. The minimum atomic E-state index is 0.0660. The molecule has 1 aromatic rings. The maximum atomic E-state index is 12.5. The molecule has 0 saturated carbocycles. The fourth-order valence-electron chi connectivity index (χ4n) is 2.37. The monoisotopic (exact) mass is 338 g/mol. The number of piperazine rings is 1. The van der Waals surface area contributed by atoms with Gasteiger partial charge in [0.2, 0.25) is 5.91 Å². The summed E-state index contributed by atoms with van der Waals surface area (Å²) < 4.78 is 1.83. The van der Waals surface area contributed by atoms with Crippen molar-refractivity contribution < 1.29 is 4.79 Å². The van der Waals surface area contributed by atoms with Crippen molar-refractivity contribution >= 4 is 29.3 Å². The summed E-state index contributed by atoms with van der Waals surface area (Å²) in [5, 5.41) is 7.51. The van der Waals surface area contributed by atoms with Gasteiger partial charge in [-0.15, -0.1) is 0 Å². The van der Waals surface area contributed by atoms with Gasteiger partial charge >= 0.3 is 0 Å². The molecule has 1 aromatic heterocycles. The normalized spacial score (nSPS) is 16.9. The minimum absolute atomic E-state index is 0.0660. The molecular weight excluding hydrogens is 312 g/mol. The molecule has 0 aromatic carbocycles. The molecule has 1 saturated heterocycles. The molecule has 2 heterocycles. The van der Waals surface area contributed by atoms with E-state index in [9.17, 15) is 4.79 Å². The Morgan fingerprint density at radius 1 is 1.48 bits per heavy atom. The molecule has 8 heteroatoms. The average Bonchev–Trinajstić information content (AvgIpc) is 2.94. The largest absolute Gasteiger partial charge is 0.355 e. The number of aromatic nitrogens is 2. The first-order valence-electron chi connectivity index (χ1n) is 7.66. The summed E-state index contributed by atoms with van der Waals surface area (Å²) >= 11 is 1.81. The van der Waals surface area contributed by atoms with E-state index in [-0.39, 0.29) is 10.7 Å². The molecule has 0 unspecified atom stereocenters. The van der Waals surface area contributed by atoms with Crippen molar-refractivity contribution in [3.8, 4) is 0 Å². The second-order valence-electron chi connectivity index (χ2n) is 6.20. The number of aryl methyl sites for hydroxylation is 1. The fourth-order valence-corrected chi connectivity index (χ4v) is 2.59. The summed E-state index contributed by atoms with van der Waals surface area (Å²) in [5.41, 5.74) is 0.851. The molecule has 0 radical (unpaired) electrons. The number of carbonyl (C=O) groups excluding carboxylic acids is 1. The summed E-state index contributed by atoms with van der Waals surface area (Å²) in [6.45, 7) is 6.89. The number of rotatable bonds is 4. The van der Waals surface area contributed by atoms with Crippen molar-refractivity contribution in [1.29, 1.82) is 0 Å². The number of aliphatic imine (C=N–C) groups is 1. The average molecular weight is 338 g/mol. The van der Waals surface area contributed by atoms with Crippen LogP contribution in [-0.2, 0) is 11.8 Å². The van der Waals surface area contributed by atoms with E-state index in [1.54, 1.807) is 34.6 Å². The number of anilines is 1. The summed E-state index contributed by atoms with van der Waals surface area (Å²) in [7, 11) is 3.61. The lowest BCUT2D eigenvalue weighted by Gasteiger charge is -2.36. The number of amides is 1. The van der Waals surface area contributed by atoms with Gasteiger partial charge in [0.05, 0.1) is 11.9 Å². The highest BCUT2D eigenvalue weighted by Gasteiger charge is 2.28. The molecule has 1 aliphatic rings. The fraction of sp³-hybridized carbons (Fsp3) is 0.667. The van der Waals surface area contributed by atoms with Gasteiger partial charge in [0.1, 0.15) is 6.54 Å². The van der Waals surface area contributed by atoms with Crippen LogP contribution in [0.5, 0.6) is 0 Å². The summed E-state index contributed by atoms with van der Waals surface area (Å²) in [6, 6.07) is 0. The first kappa shape index (κ1) is 17.7. The van der Waals surface area contributed by atoms with E-state index in [1.165, 1.54) is 0 Å². The molecule has 1 fully saturated rings. The third-order valence-corrected chi connectivity index (χ3v) is 5.21. The predicted octanol–water partition coefficient (Wildman–Crippen LogP) is 0.786. The Hall–Kier alpha value is -1.70. The van der Waals surface area contributed by atoms with Gasteiger partial charge in [0.15, 0.2) is 5.96 Å². The van der Waals surface area contributed by atoms with Gasteiger partial charge in [-0.25, -0.2) is 0 Å². The third kappa shape index (κ3) is 4.40. The summed E-state index contributed by atoms with van der Waals surface area (Å²) in [5.74, 6) is 0.850. The maximum absolute atomic E-state index is 12.5. The van der Waals surface area contributed by atoms with Crippen LogP contribution in [0.1, 0.15) is 13.8 Å². The molecule has 2 rings (SSSR count). The Bertz CT molecular complexity index is 582. The molecule has 0 bridgehead atoms. The first-order valence-corrected chi connectivity index (χ1v) is 8.88. The third-order valence-electron chi connectivity index (χ3n) is 3.96. The van der Waals surface area contributed by atoms with Gasteiger partial charge < -0.3 is 15.1 Å². The zero-order valence-corrected chi connectivity index (χ0v) is 15.4. The Kier molecular flexibility index (Phi) is 5.56. The van der Waals surface area contributed by atoms with E-state index in [4.69, 9.17) is 0 Å². The quantitative estimate of drug-likeness (QED) is 0.649. The van der Waals surface area contributed by atoms with Crippen molar-refractivity contribution in [1.82, 2.24) is 20.0 Å². The molecule has 7 nitrogen and oxygen atoms in total. The number of carbonyl (C=O) groups is 1. The van der Waals surface area contributed by atoms with Gasteiger partial charge in [-0.2, -0.15) is 16.9 Å². The molecule has 0 atom stereocenters. The zero-order chi connectivity index (χ0) is 17.0. The van der Waals surface area contributed by atoms with Crippen LogP contribution in [0.25, 0.3) is 0 Å². The second kappa shape index (κ2) is 7.25. The van der Waals surface area contributed by atoms with Gasteiger partial charge in [-0.1, -0.05) is 0 Å². The number of hydrogen-bond acceptors (Lipinski definition) is 4. The lowest BCUT2D eigenvalue weighted by Crippen LogP contribution is -2.56. The maximum Gasteiger partial charge on any atom is 0.246 e. The highest BCUT2D eigenvalue weighted by molar-refractivity contribution is 7.99. The Balaban J connectivity index is 1.97. The van der Waals surface area contributed by atoms with Crippen LogP contribution in [0.2, 0.25) is 0 Å². The van der Waals surface area contributed by atoms with Crippen LogP contribution in [0, 0.1) is 0 Å². The van der Waals surface area contributed by atoms with E-state index in [1.807, 2.05) is 18.1 Å². The minimum Gasteiger partial charge on any atom is -0.355 e. The Morgan fingerprint density at radius 3 is 2.74 bits per heavy atom. The number of guanidine groups is 1. The van der Waals surface area contributed by atoms with Gasteiger partial charge in [0.25, 0.3) is 0 Å². The predicted molar refractivity (Wildman–Crippen MR) is 96.1 cm³/mol. The van der Waals surface area contributed by atoms with Gasteiger partial charge in [-0.05, 0) is 20.1 Å². The zero-order valence-electron chi connectivity index (χ0n) is 14.5. The van der Waals surface area contributed by atoms with Crippen LogP contribution < -0.4 is 10.2 Å². The van der Waals surface area contributed by atoms with E-state index in [2.05, 4.69) is 35.5 Å². The second-order valence-corrected chi connectivity index (χ2v) is 7.72. The van der Waals surface area contributed by atoms with Crippen molar-refractivity contribution in [2.24, 2.45) is 12.0 Å². The van der Waals surface area contributed by atoms with Crippen molar-refractivity contribution in [3.05, 3.63) is 12.4 Å². The molecule has 1 aliphatic heterocycles. The SMILES string of the molecule is CN=C(NCC(C)(C)SC)N1CCN(c2cnn(C)c2)C(=O)C1. The standard InChI is InChI=1S/C15H26N6OS/c1-15(2,23-5)11-17-14(16-3)20-6-7-21(13(22)10-20)12-8-18-19(4)9-12/h8-9H,6-7,10-11H2,1-5H3,(H,16,17). The van der Waals surface area contributed by atoms with Crippen LogP contribution in [0.3, 0.4) is 0 Å². The van der Waals surface area contributed by atoms with E-state index >= 15 is 0 Å². The van der Waals surface area contributed by atoms with Crippen LogP contribution >= 0.6 is 11.8 Å². The summed E-state index contributed by atoms with van der Waals surface area (Å²) in [4.78, 5) is 20.6. The summed E-state index contributed by atoms with van der Waals surface area (Å²) in [6.07, 6.45) is 5.68. The van der Waals surface area contributed by atoms with Crippen LogP contribution in [0.15, 0.2) is 17.4 Å². The van der Waals surface area contributed by atoms with Gasteiger partial charge in [0, 0.05) is 44.7 Å². The highest BCUT2D eigenvalue weighted by Crippen LogP contribution is 2.20. The number of nitrogens with zero attached hydrogens (tertiary/aromatic N) is 5. The van der Waals surface area contributed by atoms with Crippen molar-refractivity contribution in [2.45, 2.75) is 18.6 Å². The molecular formula is C15H26N6OS. The molecule has 1 N–H and O–H groups in total. The van der Waals surface area contributed by atoms with Crippen molar-refractivity contribution in [3.63, 3.8) is 0 Å². The van der Waals surface area contributed by atoms with Crippen LogP contribution in [-0.4, -0.2) is 70.8 Å². The van der Waals surface area contributed by atoms with E-state index in [0.717, 1.165) is 24.7 Å². The number of thioether (sulfide) groups is 1. The molecule has 128 valence electrons.